The number of nitrogens with zero attached hydrogens (tertiary/aromatic N) is 4. The molecule has 0 spiro atoms. The largest absolute Gasteiger partial charge is 0.492 e. The summed E-state index contributed by atoms with van der Waals surface area (Å²) in [5.74, 6) is 0.111. The number of ether oxygens (including phenoxy) is 1. The van der Waals surface area contributed by atoms with Crippen LogP contribution in [0.3, 0.4) is 0 Å². The summed E-state index contributed by atoms with van der Waals surface area (Å²) in [6.45, 7) is 3.33. The topological polar surface area (TPSA) is 92.7 Å². The third kappa shape index (κ3) is 4.92. The van der Waals surface area contributed by atoms with E-state index in [1.165, 1.54) is 21.9 Å². The number of hydrogen-bond acceptors (Lipinski definition) is 7. The summed E-state index contributed by atoms with van der Waals surface area (Å²) in [4.78, 5) is 24.4. The Hall–Kier alpha value is -2.56. The molecule has 1 amide bonds. The van der Waals surface area contributed by atoms with Crippen LogP contribution in [0, 0.1) is 5.92 Å². The molecule has 1 saturated heterocycles. The monoisotopic (exact) mass is 474 g/mol. The predicted molar refractivity (Wildman–Crippen MR) is 125 cm³/mol. The van der Waals surface area contributed by atoms with E-state index >= 15 is 0 Å². The lowest BCUT2D eigenvalue weighted by molar-refractivity contribution is -0.123. The summed E-state index contributed by atoms with van der Waals surface area (Å²) in [6, 6.07) is 11.3. The lowest BCUT2D eigenvalue weighted by atomic mass is 9.98. The van der Waals surface area contributed by atoms with Crippen LogP contribution in [0.5, 0.6) is 5.75 Å². The number of pyridine rings is 1. The van der Waals surface area contributed by atoms with Crippen LogP contribution in [0.2, 0.25) is 0 Å². The molecule has 1 unspecified atom stereocenters. The molecule has 3 aromatic rings. The van der Waals surface area contributed by atoms with Crippen molar-refractivity contribution in [2.45, 2.75) is 26.3 Å². The van der Waals surface area contributed by atoms with Crippen molar-refractivity contribution in [3.63, 3.8) is 0 Å². The van der Waals surface area contributed by atoms with Crippen molar-refractivity contribution in [2.24, 2.45) is 5.92 Å². The number of piperidine rings is 1. The number of para-hydroxylation sites is 1. The Morgan fingerprint density at radius 3 is 2.84 bits per heavy atom. The van der Waals surface area contributed by atoms with Crippen molar-refractivity contribution < 1.29 is 17.9 Å². The number of fused-ring (bicyclic) bond motifs is 1. The van der Waals surface area contributed by atoms with E-state index in [1.54, 1.807) is 11.1 Å². The quantitative estimate of drug-likeness (QED) is 0.522. The molecule has 0 N–H and O–H groups in total. The molecule has 0 aliphatic carbocycles. The number of carbonyl (C=O) groups is 1. The second-order valence-corrected chi connectivity index (χ2v) is 10.7. The molecule has 32 heavy (non-hydrogen) atoms. The van der Waals surface area contributed by atoms with E-state index in [9.17, 15) is 13.2 Å². The number of aromatic nitrogens is 2. The van der Waals surface area contributed by atoms with E-state index in [-0.39, 0.29) is 19.0 Å². The highest BCUT2D eigenvalue weighted by Crippen LogP contribution is 2.36. The predicted octanol–water partition coefficient (Wildman–Crippen LogP) is 3.29. The van der Waals surface area contributed by atoms with Crippen molar-refractivity contribution in [1.82, 2.24) is 14.3 Å². The molecule has 2 aromatic heterocycles. The minimum absolute atomic E-state index is 0.138. The van der Waals surface area contributed by atoms with Crippen LogP contribution in [-0.2, 0) is 21.4 Å². The van der Waals surface area contributed by atoms with E-state index in [1.807, 2.05) is 43.3 Å². The Morgan fingerprint density at radius 2 is 2.12 bits per heavy atom. The van der Waals surface area contributed by atoms with Gasteiger partial charge in [-0.25, -0.2) is 17.7 Å². The maximum atomic E-state index is 13.7. The van der Waals surface area contributed by atoms with Gasteiger partial charge in [-0.3, -0.25) is 14.7 Å². The van der Waals surface area contributed by atoms with E-state index in [2.05, 4.69) is 4.98 Å². The van der Waals surface area contributed by atoms with Crippen molar-refractivity contribution in [3.8, 4) is 5.75 Å². The van der Waals surface area contributed by atoms with Crippen LogP contribution in [0.4, 0.5) is 5.13 Å². The number of amides is 1. The van der Waals surface area contributed by atoms with Gasteiger partial charge in [0.05, 0.1) is 35.7 Å². The van der Waals surface area contributed by atoms with E-state index in [0.29, 0.717) is 36.9 Å². The molecule has 1 aliphatic heterocycles. The zero-order valence-corrected chi connectivity index (χ0v) is 19.7. The number of thiazole rings is 1. The molecule has 1 fully saturated rings. The second kappa shape index (κ2) is 9.51. The number of benzene rings is 1. The lowest BCUT2D eigenvalue weighted by Crippen LogP contribution is -2.46. The van der Waals surface area contributed by atoms with Gasteiger partial charge in [-0.05, 0) is 44.0 Å². The summed E-state index contributed by atoms with van der Waals surface area (Å²) in [6.07, 6.45) is 4.16. The minimum atomic E-state index is -3.35. The van der Waals surface area contributed by atoms with Crippen molar-refractivity contribution in [3.05, 3.63) is 48.3 Å². The molecule has 0 radical (unpaired) electrons. The van der Waals surface area contributed by atoms with Crippen LogP contribution in [0.25, 0.3) is 10.2 Å². The second-order valence-electron chi connectivity index (χ2n) is 7.74. The normalized spacial score (nSPS) is 17.4. The molecule has 1 atom stereocenters. The molecule has 0 bridgehead atoms. The Labute approximate surface area is 191 Å². The van der Waals surface area contributed by atoms with Gasteiger partial charge in [0, 0.05) is 19.3 Å². The summed E-state index contributed by atoms with van der Waals surface area (Å²) >= 11 is 1.42. The van der Waals surface area contributed by atoms with E-state index in [4.69, 9.17) is 9.72 Å². The van der Waals surface area contributed by atoms with Gasteiger partial charge in [-0.2, -0.15) is 0 Å². The highest BCUT2D eigenvalue weighted by Gasteiger charge is 2.34. The zero-order valence-electron chi connectivity index (χ0n) is 18.1. The first-order valence-corrected chi connectivity index (χ1v) is 13.2. The lowest BCUT2D eigenvalue weighted by Gasteiger charge is -2.32. The zero-order chi connectivity index (χ0) is 22.7. The number of sulfonamides is 1. The van der Waals surface area contributed by atoms with Gasteiger partial charge in [0.15, 0.2) is 5.13 Å². The molecule has 0 saturated carbocycles. The highest BCUT2D eigenvalue weighted by atomic mass is 32.2. The molecular formula is C22H26N4O4S2. The fourth-order valence-electron chi connectivity index (χ4n) is 3.86. The maximum Gasteiger partial charge on any atom is 0.233 e. The van der Waals surface area contributed by atoms with Gasteiger partial charge in [0.2, 0.25) is 15.9 Å². The third-order valence-electron chi connectivity index (χ3n) is 5.42. The third-order valence-corrected chi connectivity index (χ3v) is 7.73. The number of rotatable bonds is 7. The Morgan fingerprint density at radius 1 is 1.28 bits per heavy atom. The van der Waals surface area contributed by atoms with Gasteiger partial charge < -0.3 is 4.74 Å². The fourth-order valence-corrected chi connectivity index (χ4v) is 5.76. The molecule has 10 heteroatoms. The van der Waals surface area contributed by atoms with Gasteiger partial charge in [0.1, 0.15) is 11.3 Å². The van der Waals surface area contributed by atoms with Gasteiger partial charge in [-0.1, -0.05) is 23.5 Å². The standard InChI is InChI=1S/C22H26N4O4S2/c1-3-30-18-10-6-11-19-20(18)24-22(31-19)26(15-17-9-4-5-12-23-17)21(27)16-8-7-13-25(14-16)32(2,28)29/h4-6,9-12,16H,3,7-8,13-15H2,1-2H3. The molecule has 8 nitrogen and oxygen atoms in total. The van der Waals surface area contributed by atoms with Crippen LogP contribution < -0.4 is 9.64 Å². The number of carbonyl (C=O) groups excluding carboxylic acids is 1. The van der Waals surface area contributed by atoms with E-state index in [0.717, 1.165) is 15.9 Å². The molecular weight excluding hydrogens is 448 g/mol. The minimum Gasteiger partial charge on any atom is -0.492 e. The smallest absolute Gasteiger partial charge is 0.233 e. The van der Waals surface area contributed by atoms with Gasteiger partial charge in [0.25, 0.3) is 0 Å². The Balaban J connectivity index is 1.70. The SMILES string of the molecule is CCOc1cccc2sc(N(Cc3ccccn3)C(=O)C3CCCN(S(C)(=O)=O)C3)nc12. The summed E-state index contributed by atoms with van der Waals surface area (Å²) in [5.41, 5.74) is 1.45. The first-order chi connectivity index (χ1) is 15.4. The summed E-state index contributed by atoms with van der Waals surface area (Å²) < 4.78 is 32.2. The van der Waals surface area contributed by atoms with Gasteiger partial charge >= 0.3 is 0 Å². The molecule has 1 aromatic carbocycles. The summed E-state index contributed by atoms with van der Waals surface area (Å²) in [7, 11) is -3.35. The van der Waals surface area contributed by atoms with Gasteiger partial charge in [-0.15, -0.1) is 0 Å². The highest BCUT2D eigenvalue weighted by molar-refractivity contribution is 7.88. The number of hydrogen-bond donors (Lipinski definition) is 0. The van der Waals surface area contributed by atoms with Crippen molar-refractivity contribution >= 4 is 42.6 Å². The number of anilines is 1. The average molecular weight is 475 g/mol. The first-order valence-electron chi connectivity index (χ1n) is 10.6. The molecule has 3 heterocycles. The molecule has 1 aliphatic rings. The van der Waals surface area contributed by atoms with Crippen molar-refractivity contribution in [2.75, 3.05) is 30.9 Å². The van der Waals surface area contributed by atoms with Crippen LogP contribution >= 0.6 is 11.3 Å². The van der Waals surface area contributed by atoms with Crippen LogP contribution in [-0.4, -0.2) is 54.6 Å². The van der Waals surface area contributed by atoms with Crippen molar-refractivity contribution in [1.29, 1.82) is 0 Å². The molecule has 4 rings (SSSR count). The molecule has 170 valence electrons. The summed E-state index contributed by atoms with van der Waals surface area (Å²) in [5, 5.41) is 0.555. The first kappa shape index (κ1) is 22.6. The maximum absolute atomic E-state index is 13.7. The Bertz CT molecular complexity index is 1200. The fraction of sp³-hybridized carbons (Fsp3) is 0.409. The van der Waals surface area contributed by atoms with Crippen LogP contribution in [0.1, 0.15) is 25.5 Å². The van der Waals surface area contributed by atoms with E-state index < -0.39 is 15.9 Å². The Kier molecular flexibility index (Phi) is 6.73. The average Bonchev–Trinajstić information content (AvgIpc) is 3.22. The van der Waals surface area contributed by atoms with Crippen LogP contribution in [0.15, 0.2) is 42.6 Å².